The smallest absolute Gasteiger partial charge is 0.459 e. The van der Waals surface area contributed by atoms with Crippen molar-refractivity contribution in [1.29, 1.82) is 0 Å². The van der Waals surface area contributed by atoms with Crippen molar-refractivity contribution in [3.05, 3.63) is 110 Å². The number of H-pyrrole nitrogens is 1. The van der Waals surface area contributed by atoms with Gasteiger partial charge in [-0.3, -0.25) is 23.7 Å². The molecule has 0 amide bonds. The molecule has 2 aliphatic heterocycles. The lowest BCUT2D eigenvalue weighted by Gasteiger charge is -2.33. The van der Waals surface area contributed by atoms with Crippen LogP contribution in [0.4, 0.5) is 0 Å². The molecule has 1 aromatic heterocycles. The minimum Gasteiger partial charge on any atom is -0.460 e. The molecular weight excluding hydrogens is 659 g/mol. The Balaban J connectivity index is 1.31. The highest BCUT2D eigenvalue weighted by molar-refractivity contribution is 7.52. The number of hydrogen-bond acceptors (Lipinski definition) is 11. The van der Waals surface area contributed by atoms with Gasteiger partial charge < -0.3 is 23.5 Å². The third kappa shape index (κ3) is 7.51. The molecule has 2 saturated heterocycles. The molecule has 17 heteroatoms. The maximum absolute atomic E-state index is 14.6. The van der Waals surface area contributed by atoms with E-state index in [2.05, 4.69) is 20.1 Å². The highest BCUT2D eigenvalue weighted by Crippen LogP contribution is 2.55. The topological polar surface area (TPSA) is 205 Å². The second-order valence-corrected chi connectivity index (χ2v) is 14.1. The molecule has 1 saturated carbocycles. The molecular formula is C32H37N6O10P. The summed E-state index contributed by atoms with van der Waals surface area (Å²) in [4.78, 5) is 43.3. The summed E-state index contributed by atoms with van der Waals surface area (Å²) in [6.07, 6.45) is 0.588. The zero-order valence-corrected chi connectivity index (χ0v) is 27.8. The van der Waals surface area contributed by atoms with E-state index < -0.39 is 73.5 Å². The molecule has 3 aromatic rings. The summed E-state index contributed by atoms with van der Waals surface area (Å²) in [7, 11) is -4.52. The Hall–Kier alpha value is -4.27. The van der Waals surface area contributed by atoms with Gasteiger partial charge in [-0.05, 0) is 42.0 Å². The molecule has 6 atom stereocenters. The molecule has 1 spiro atoms. The second-order valence-electron chi connectivity index (χ2n) is 12.4. The Morgan fingerprint density at radius 2 is 1.78 bits per heavy atom. The number of aromatic nitrogens is 2. The Morgan fingerprint density at radius 1 is 1.08 bits per heavy atom. The van der Waals surface area contributed by atoms with Crippen molar-refractivity contribution >= 4 is 13.7 Å². The number of azide groups is 1. The number of carbonyl (C=O) groups is 1. The predicted molar refractivity (Wildman–Crippen MR) is 173 cm³/mol. The van der Waals surface area contributed by atoms with Gasteiger partial charge in [-0.25, -0.2) is 9.36 Å². The first-order chi connectivity index (χ1) is 23.5. The van der Waals surface area contributed by atoms with E-state index in [4.69, 9.17) is 28.0 Å². The largest absolute Gasteiger partial charge is 0.460 e. The second kappa shape index (κ2) is 14.3. The van der Waals surface area contributed by atoms with Crippen molar-refractivity contribution in [3.63, 3.8) is 0 Å². The predicted octanol–water partition coefficient (Wildman–Crippen LogP) is 4.69. The molecule has 260 valence electrons. The number of fused-ring (bicyclic) bond motifs is 1. The molecule has 1 unspecified atom stereocenters. The van der Waals surface area contributed by atoms with Crippen molar-refractivity contribution in [2.75, 3.05) is 6.61 Å². The van der Waals surface area contributed by atoms with Crippen LogP contribution in [0.25, 0.3) is 10.4 Å². The van der Waals surface area contributed by atoms with E-state index in [1.807, 2.05) is 18.2 Å². The Labute approximate surface area is 280 Å². The number of rotatable bonds is 13. The first-order valence-electron chi connectivity index (χ1n) is 15.9. The van der Waals surface area contributed by atoms with Gasteiger partial charge in [0.15, 0.2) is 12.0 Å². The molecule has 0 radical (unpaired) electrons. The van der Waals surface area contributed by atoms with E-state index in [-0.39, 0.29) is 12.4 Å². The van der Waals surface area contributed by atoms with E-state index in [9.17, 15) is 24.5 Å². The van der Waals surface area contributed by atoms with Crippen LogP contribution in [-0.2, 0) is 39.4 Å². The lowest BCUT2D eigenvalue weighted by Crippen LogP contribution is -2.47. The van der Waals surface area contributed by atoms with Crippen LogP contribution in [0.15, 0.2) is 87.6 Å². The Kier molecular flexibility index (Phi) is 10.1. The van der Waals surface area contributed by atoms with Crippen molar-refractivity contribution < 1.29 is 37.4 Å². The first kappa shape index (κ1) is 34.6. The van der Waals surface area contributed by atoms with Crippen LogP contribution < -0.4 is 20.9 Å². The summed E-state index contributed by atoms with van der Waals surface area (Å²) in [6.45, 7) is 2.74. The van der Waals surface area contributed by atoms with Gasteiger partial charge in [-0.2, -0.15) is 5.09 Å². The molecule has 3 heterocycles. The number of para-hydroxylation sites is 1. The van der Waals surface area contributed by atoms with Crippen molar-refractivity contribution in [2.24, 2.45) is 11.0 Å². The van der Waals surface area contributed by atoms with Crippen molar-refractivity contribution in [1.82, 2.24) is 14.6 Å². The lowest BCUT2D eigenvalue weighted by atomic mass is 10.1. The van der Waals surface area contributed by atoms with Crippen LogP contribution in [0.5, 0.6) is 5.75 Å². The average molecular weight is 697 g/mol. The van der Waals surface area contributed by atoms with Crippen LogP contribution in [-0.4, -0.2) is 51.9 Å². The van der Waals surface area contributed by atoms with Crippen molar-refractivity contribution in [3.8, 4) is 5.75 Å². The highest BCUT2D eigenvalue weighted by atomic mass is 31.2. The fraction of sp³-hybridized carbons (Fsp3) is 0.469. The zero-order valence-electron chi connectivity index (χ0n) is 26.9. The molecule has 49 heavy (non-hydrogen) atoms. The van der Waals surface area contributed by atoms with E-state index in [0.29, 0.717) is 12.8 Å². The van der Waals surface area contributed by atoms with Gasteiger partial charge in [0.25, 0.3) is 5.56 Å². The minimum atomic E-state index is -4.52. The van der Waals surface area contributed by atoms with Crippen LogP contribution in [0.1, 0.15) is 51.3 Å². The molecule has 2 aromatic carbocycles. The van der Waals surface area contributed by atoms with E-state index >= 15 is 0 Å². The SMILES string of the molecule is CC(C)[C@H](NP(=O)(OC[C@@]1(N=[N+]=[N-])O[C@@H](n2ccc(=O)[nH]c2=O)[C@@H]2OC3(CCCC3)O[C@@H]21)Oc1ccccc1)C(=O)OCc1ccccc1. The zero-order chi connectivity index (χ0) is 34.6. The third-order valence-electron chi connectivity index (χ3n) is 8.60. The van der Waals surface area contributed by atoms with E-state index in [1.165, 1.54) is 6.20 Å². The maximum Gasteiger partial charge on any atom is 0.459 e. The molecule has 3 aliphatic rings. The molecule has 0 bridgehead atoms. The number of ether oxygens (including phenoxy) is 4. The Morgan fingerprint density at radius 3 is 2.43 bits per heavy atom. The summed E-state index contributed by atoms with van der Waals surface area (Å²) in [5.74, 6) is -2.02. The van der Waals surface area contributed by atoms with Crippen LogP contribution in [0.3, 0.4) is 0 Å². The number of esters is 1. The lowest BCUT2D eigenvalue weighted by molar-refractivity contribution is -0.237. The summed E-state index contributed by atoms with van der Waals surface area (Å²) < 4.78 is 52.3. The number of benzene rings is 2. The summed E-state index contributed by atoms with van der Waals surface area (Å²) in [5, 5.41) is 6.69. The van der Waals surface area contributed by atoms with Crippen molar-refractivity contribution in [2.45, 2.75) is 82.1 Å². The van der Waals surface area contributed by atoms with Gasteiger partial charge in [0.2, 0.25) is 5.72 Å². The van der Waals surface area contributed by atoms with E-state index in [1.54, 1.807) is 56.3 Å². The normalized spacial score (nSPS) is 25.7. The fourth-order valence-corrected chi connectivity index (χ4v) is 7.86. The summed E-state index contributed by atoms with van der Waals surface area (Å²) in [6, 6.07) is 17.2. The summed E-state index contributed by atoms with van der Waals surface area (Å²) in [5.41, 5.74) is 7.07. The van der Waals surface area contributed by atoms with Gasteiger partial charge in [0, 0.05) is 30.0 Å². The molecule has 1 aliphatic carbocycles. The number of carbonyl (C=O) groups excluding carboxylic acids is 1. The molecule has 16 nitrogen and oxygen atoms in total. The highest BCUT2D eigenvalue weighted by Gasteiger charge is 2.66. The molecule has 6 rings (SSSR count). The van der Waals surface area contributed by atoms with Gasteiger partial charge >= 0.3 is 19.4 Å². The van der Waals surface area contributed by atoms with Gasteiger partial charge in [0.1, 0.15) is 30.6 Å². The average Bonchev–Trinajstić information content (AvgIpc) is 3.78. The monoisotopic (exact) mass is 696 g/mol. The number of nitrogens with one attached hydrogen (secondary N) is 2. The third-order valence-corrected chi connectivity index (χ3v) is 10.1. The number of aromatic amines is 1. The van der Waals surface area contributed by atoms with Gasteiger partial charge in [-0.1, -0.05) is 67.5 Å². The van der Waals surface area contributed by atoms with Crippen LogP contribution in [0.2, 0.25) is 0 Å². The minimum absolute atomic E-state index is 0.0171. The molecule has 3 fully saturated rings. The van der Waals surface area contributed by atoms with E-state index in [0.717, 1.165) is 29.0 Å². The van der Waals surface area contributed by atoms with Crippen LogP contribution >= 0.6 is 7.75 Å². The number of hydrogen-bond donors (Lipinski definition) is 2. The maximum atomic E-state index is 14.6. The Bertz CT molecular complexity index is 1840. The summed E-state index contributed by atoms with van der Waals surface area (Å²) >= 11 is 0. The fourth-order valence-electron chi connectivity index (χ4n) is 6.18. The van der Waals surface area contributed by atoms with Gasteiger partial charge in [0.05, 0.1) is 6.61 Å². The molecule has 2 N–H and O–H groups in total. The van der Waals surface area contributed by atoms with Gasteiger partial charge in [-0.15, -0.1) is 0 Å². The number of nitrogens with zero attached hydrogens (tertiary/aromatic N) is 4. The quantitative estimate of drug-likeness (QED) is 0.0825. The van der Waals surface area contributed by atoms with Crippen LogP contribution in [0, 0.1) is 5.92 Å². The first-order valence-corrected chi connectivity index (χ1v) is 17.5. The standard InChI is InChI=1S/C32H37N6O10P/c1-21(2)25(29(40)43-19-22-11-5-3-6-12-22)35-49(42,48-23-13-7-4-8-14-23)44-20-32(36-37-33)27-26(45-31(46-27)16-9-10-17-31)28(47-32)38-18-15-24(39)34-30(38)41/h3-8,11-15,18,21,25-28H,9-10,16-17,19-20H2,1-2H3,(H,35,42)(H,34,39,41)/t25-,26+,27-,28+,32+,49?/m0/s1.